The average Bonchev–Trinajstić information content (AvgIpc) is 2.24. The molecule has 1 saturated heterocycles. The van der Waals surface area contributed by atoms with E-state index in [2.05, 4.69) is 38.3 Å². The molecular formula is C16H23Cl2N2O-. The van der Waals surface area contributed by atoms with Gasteiger partial charge in [-0.3, -0.25) is 4.79 Å². The molecule has 21 heavy (non-hydrogen) atoms. The van der Waals surface area contributed by atoms with Crippen molar-refractivity contribution in [3.05, 3.63) is 34.9 Å². The van der Waals surface area contributed by atoms with Crippen LogP contribution in [0, 0.1) is 0 Å². The average molecular weight is 330 g/mol. The van der Waals surface area contributed by atoms with Crippen molar-refractivity contribution in [1.82, 2.24) is 10.6 Å². The first-order valence-corrected chi connectivity index (χ1v) is 7.41. The largest absolute Gasteiger partial charge is 1.00 e. The molecule has 2 rings (SSSR count). The molecule has 0 unspecified atom stereocenters. The molecule has 1 aliphatic rings. The lowest BCUT2D eigenvalue weighted by Gasteiger charge is -2.46. The van der Waals surface area contributed by atoms with Gasteiger partial charge in [0.05, 0.1) is 10.6 Å². The minimum atomic E-state index is -0.0888. The second-order valence-corrected chi connectivity index (χ2v) is 7.36. The molecule has 3 nitrogen and oxygen atoms in total. The molecule has 0 bridgehead atoms. The highest BCUT2D eigenvalue weighted by Gasteiger charge is 2.38. The predicted octanol–water partition coefficient (Wildman–Crippen LogP) is 0.383. The number of nitrogens with one attached hydrogen (secondary N) is 2. The lowest BCUT2D eigenvalue weighted by Crippen LogP contribution is -3.00. The van der Waals surface area contributed by atoms with Crippen molar-refractivity contribution in [2.45, 2.75) is 57.7 Å². The molecule has 0 aromatic heterocycles. The van der Waals surface area contributed by atoms with E-state index < -0.39 is 0 Å². The maximum absolute atomic E-state index is 12.3. The molecule has 2 N–H and O–H groups in total. The number of carbonyl (C=O) groups is 1. The second-order valence-electron chi connectivity index (χ2n) is 6.95. The standard InChI is InChI=1S/C16H23ClN2O.ClH/c1-15(2)9-11(10-16(3,4)19-15)18-14(20)12-7-5-6-8-13(12)17;/h5-8,11,19H,9-10H2,1-4H3,(H,18,20);1H/p-1. The lowest BCUT2D eigenvalue weighted by molar-refractivity contribution is -0.0000182. The van der Waals surface area contributed by atoms with E-state index in [1.807, 2.05) is 12.1 Å². The van der Waals surface area contributed by atoms with E-state index in [9.17, 15) is 4.79 Å². The van der Waals surface area contributed by atoms with Crippen molar-refractivity contribution in [2.75, 3.05) is 0 Å². The van der Waals surface area contributed by atoms with Crippen LogP contribution >= 0.6 is 11.6 Å². The monoisotopic (exact) mass is 329 g/mol. The predicted molar refractivity (Wildman–Crippen MR) is 83.2 cm³/mol. The zero-order valence-electron chi connectivity index (χ0n) is 13.0. The Bertz CT molecular complexity index is 499. The molecule has 1 aromatic rings. The topological polar surface area (TPSA) is 41.1 Å². The van der Waals surface area contributed by atoms with Gasteiger partial charge < -0.3 is 23.0 Å². The fourth-order valence-electron chi connectivity index (χ4n) is 3.33. The van der Waals surface area contributed by atoms with Gasteiger partial charge in [-0.25, -0.2) is 0 Å². The highest BCUT2D eigenvalue weighted by atomic mass is 35.5. The van der Waals surface area contributed by atoms with Gasteiger partial charge in [-0.1, -0.05) is 23.7 Å². The smallest absolute Gasteiger partial charge is 0.253 e. The molecule has 1 heterocycles. The van der Waals surface area contributed by atoms with Gasteiger partial charge in [0.2, 0.25) is 0 Å². The number of amides is 1. The summed E-state index contributed by atoms with van der Waals surface area (Å²) < 4.78 is 0. The molecule has 1 aliphatic heterocycles. The Labute approximate surface area is 138 Å². The van der Waals surface area contributed by atoms with Gasteiger partial charge in [-0.2, -0.15) is 0 Å². The number of halogens is 2. The number of benzene rings is 1. The molecule has 0 radical (unpaired) electrons. The van der Waals surface area contributed by atoms with E-state index in [1.165, 1.54) is 0 Å². The third-order valence-corrected chi connectivity index (χ3v) is 3.97. The molecule has 1 amide bonds. The number of hydrogen-bond acceptors (Lipinski definition) is 2. The summed E-state index contributed by atoms with van der Waals surface area (Å²) in [4.78, 5) is 12.3. The maximum Gasteiger partial charge on any atom is 0.253 e. The normalized spacial score (nSPS) is 20.4. The summed E-state index contributed by atoms with van der Waals surface area (Å²) in [7, 11) is 0. The summed E-state index contributed by atoms with van der Waals surface area (Å²) in [5.41, 5.74) is 0.573. The molecular weight excluding hydrogens is 307 g/mol. The maximum atomic E-state index is 12.3. The van der Waals surface area contributed by atoms with Gasteiger partial charge in [-0.15, -0.1) is 0 Å². The number of rotatable bonds is 2. The third-order valence-electron chi connectivity index (χ3n) is 3.64. The second kappa shape index (κ2) is 6.55. The van der Waals surface area contributed by atoms with E-state index >= 15 is 0 Å². The van der Waals surface area contributed by atoms with Crippen molar-refractivity contribution >= 4 is 17.5 Å². The van der Waals surface area contributed by atoms with Gasteiger partial charge in [0, 0.05) is 17.1 Å². The van der Waals surface area contributed by atoms with Crippen molar-refractivity contribution in [3.63, 3.8) is 0 Å². The Balaban J connectivity index is 0.00000220. The Hall–Kier alpha value is -0.770. The summed E-state index contributed by atoms with van der Waals surface area (Å²) in [5.74, 6) is -0.0888. The van der Waals surface area contributed by atoms with Crippen molar-refractivity contribution in [3.8, 4) is 0 Å². The molecule has 0 aliphatic carbocycles. The van der Waals surface area contributed by atoms with Crippen LogP contribution < -0.4 is 23.0 Å². The Morgan fingerprint density at radius 2 is 1.71 bits per heavy atom. The molecule has 1 fully saturated rings. The molecule has 0 atom stereocenters. The zero-order chi connectivity index (χ0) is 15.0. The zero-order valence-corrected chi connectivity index (χ0v) is 14.5. The van der Waals surface area contributed by atoms with E-state index in [1.54, 1.807) is 12.1 Å². The first-order chi connectivity index (χ1) is 9.19. The highest BCUT2D eigenvalue weighted by molar-refractivity contribution is 6.33. The minimum Gasteiger partial charge on any atom is -1.00 e. The van der Waals surface area contributed by atoms with Gasteiger partial charge in [0.1, 0.15) is 0 Å². The summed E-state index contributed by atoms with van der Waals surface area (Å²) in [6.07, 6.45) is 1.82. The first-order valence-electron chi connectivity index (χ1n) is 7.03. The lowest BCUT2D eigenvalue weighted by atomic mass is 9.79. The van der Waals surface area contributed by atoms with E-state index in [0.717, 1.165) is 12.8 Å². The van der Waals surface area contributed by atoms with Crippen LogP contribution in [-0.2, 0) is 0 Å². The van der Waals surface area contributed by atoms with Crippen molar-refractivity contribution in [2.24, 2.45) is 0 Å². The molecule has 0 spiro atoms. The fraction of sp³-hybridized carbons (Fsp3) is 0.562. The van der Waals surface area contributed by atoms with Crippen LogP contribution in [0.5, 0.6) is 0 Å². The van der Waals surface area contributed by atoms with Crippen molar-refractivity contribution < 1.29 is 17.2 Å². The Morgan fingerprint density at radius 1 is 1.19 bits per heavy atom. The van der Waals surface area contributed by atoms with Crippen LogP contribution in [0.2, 0.25) is 5.02 Å². The molecule has 0 saturated carbocycles. The van der Waals surface area contributed by atoms with Crippen LogP contribution in [0.4, 0.5) is 0 Å². The van der Waals surface area contributed by atoms with E-state index in [4.69, 9.17) is 11.6 Å². The number of piperidine rings is 1. The quantitative estimate of drug-likeness (QED) is 0.823. The van der Waals surface area contributed by atoms with Gasteiger partial charge in [0.15, 0.2) is 0 Å². The van der Waals surface area contributed by atoms with Crippen LogP contribution in [0.25, 0.3) is 0 Å². The van der Waals surface area contributed by atoms with Crippen LogP contribution in [0.1, 0.15) is 50.9 Å². The Morgan fingerprint density at radius 3 is 2.24 bits per heavy atom. The molecule has 1 aromatic carbocycles. The van der Waals surface area contributed by atoms with E-state index in [0.29, 0.717) is 10.6 Å². The summed E-state index contributed by atoms with van der Waals surface area (Å²) in [6.45, 7) is 8.68. The number of carbonyl (C=O) groups excluding carboxylic acids is 1. The highest BCUT2D eigenvalue weighted by Crippen LogP contribution is 2.29. The summed E-state index contributed by atoms with van der Waals surface area (Å²) in [6, 6.07) is 7.32. The SMILES string of the molecule is CC1(C)CC(NC(=O)c2ccccc2Cl)CC(C)(C)N1.[Cl-]. The van der Waals surface area contributed by atoms with Gasteiger partial charge >= 0.3 is 0 Å². The molecule has 118 valence electrons. The van der Waals surface area contributed by atoms with Gasteiger partial charge in [-0.05, 0) is 52.7 Å². The molecule has 5 heteroatoms. The summed E-state index contributed by atoms with van der Waals surface area (Å²) >= 11 is 6.08. The third kappa shape index (κ3) is 4.87. The fourth-order valence-corrected chi connectivity index (χ4v) is 3.55. The summed E-state index contributed by atoms with van der Waals surface area (Å²) in [5, 5.41) is 7.23. The first kappa shape index (κ1) is 18.3. The van der Waals surface area contributed by atoms with Crippen LogP contribution in [0.3, 0.4) is 0 Å². The Kier molecular flexibility index (Phi) is 5.70. The van der Waals surface area contributed by atoms with E-state index in [-0.39, 0.29) is 35.4 Å². The van der Waals surface area contributed by atoms with Gasteiger partial charge in [0.25, 0.3) is 5.91 Å². The van der Waals surface area contributed by atoms with Crippen LogP contribution in [-0.4, -0.2) is 23.0 Å². The minimum absolute atomic E-state index is 0. The van der Waals surface area contributed by atoms with Crippen LogP contribution in [0.15, 0.2) is 24.3 Å². The van der Waals surface area contributed by atoms with Crippen molar-refractivity contribution in [1.29, 1.82) is 0 Å². The number of hydrogen-bond donors (Lipinski definition) is 2.